The Morgan fingerprint density at radius 2 is 1.37 bits per heavy atom. The maximum atomic E-state index is 12.1. The maximum absolute atomic E-state index is 12.1. The third-order valence-electron chi connectivity index (χ3n) is 2.69. The lowest BCUT2D eigenvalue weighted by molar-refractivity contribution is 0.0526. The molecule has 0 aliphatic heterocycles. The zero-order valence-electron chi connectivity index (χ0n) is 10.6. The quantitative estimate of drug-likeness (QED) is 0.622. The van der Waals surface area contributed by atoms with E-state index in [1.54, 1.807) is 43.3 Å². The van der Waals surface area contributed by atoms with E-state index in [4.69, 9.17) is 4.74 Å². The molecule has 0 spiro atoms. The molecule has 0 unspecified atom stereocenters. The number of ether oxygens (including phenoxy) is 1. The Morgan fingerprint density at radius 3 is 1.95 bits per heavy atom. The molecule has 19 heavy (non-hydrogen) atoms. The van der Waals surface area contributed by atoms with E-state index in [2.05, 4.69) is 0 Å². The first-order valence-corrected chi connectivity index (χ1v) is 6.09. The van der Waals surface area contributed by atoms with Crippen molar-refractivity contribution < 1.29 is 14.3 Å². The third kappa shape index (κ3) is 3.07. The van der Waals surface area contributed by atoms with Crippen molar-refractivity contribution in [3.05, 3.63) is 71.3 Å². The lowest BCUT2D eigenvalue weighted by atomic mass is 10.0. The zero-order chi connectivity index (χ0) is 13.7. The Kier molecular flexibility index (Phi) is 4.08. The van der Waals surface area contributed by atoms with Crippen LogP contribution < -0.4 is 0 Å². The van der Waals surface area contributed by atoms with Crippen molar-refractivity contribution in [3.8, 4) is 0 Å². The fraction of sp³-hybridized carbons (Fsp3) is 0.125. The summed E-state index contributed by atoms with van der Waals surface area (Å²) in [7, 11) is 0. The molecule has 0 aliphatic rings. The number of ketones is 1. The predicted octanol–water partition coefficient (Wildman–Crippen LogP) is 3.09. The summed E-state index contributed by atoms with van der Waals surface area (Å²) in [6.07, 6.45) is 0. The van der Waals surface area contributed by atoms with Gasteiger partial charge in [-0.2, -0.15) is 0 Å². The lowest BCUT2D eigenvalue weighted by Gasteiger charge is -2.04. The Bertz CT molecular complexity index is 571. The van der Waals surface area contributed by atoms with E-state index in [1.807, 2.05) is 18.2 Å². The summed E-state index contributed by atoms with van der Waals surface area (Å²) in [5.41, 5.74) is 1.64. The highest BCUT2D eigenvalue weighted by Gasteiger charge is 2.10. The van der Waals surface area contributed by atoms with Crippen LogP contribution in [0.5, 0.6) is 0 Å². The van der Waals surface area contributed by atoms with Gasteiger partial charge in [0.15, 0.2) is 5.78 Å². The number of carbonyl (C=O) groups is 2. The van der Waals surface area contributed by atoms with Crippen LogP contribution in [-0.2, 0) is 4.74 Å². The first kappa shape index (κ1) is 13.0. The smallest absolute Gasteiger partial charge is 0.338 e. The minimum atomic E-state index is -0.374. The second kappa shape index (κ2) is 5.96. The molecule has 0 atom stereocenters. The number of hydrogen-bond acceptors (Lipinski definition) is 3. The van der Waals surface area contributed by atoms with Gasteiger partial charge in [0.05, 0.1) is 12.2 Å². The molecule has 2 aromatic carbocycles. The van der Waals surface area contributed by atoms with Crippen molar-refractivity contribution in [2.24, 2.45) is 0 Å². The maximum Gasteiger partial charge on any atom is 0.338 e. The van der Waals surface area contributed by atoms with Gasteiger partial charge >= 0.3 is 5.97 Å². The molecule has 3 heteroatoms. The largest absolute Gasteiger partial charge is 0.462 e. The SMILES string of the molecule is CCOC(=O)c1ccc(C(=O)c2ccccc2)cc1. The molecule has 3 nitrogen and oxygen atoms in total. The minimum absolute atomic E-state index is 0.0593. The van der Waals surface area contributed by atoms with E-state index in [0.29, 0.717) is 23.3 Å². The van der Waals surface area contributed by atoms with E-state index in [0.717, 1.165) is 0 Å². The Hall–Kier alpha value is -2.42. The number of esters is 1. The van der Waals surface area contributed by atoms with Gasteiger partial charge in [-0.3, -0.25) is 4.79 Å². The van der Waals surface area contributed by atoms with Crippen molar-refractivity contribution in [2.45, 2.75) is 6.92 Å². The summed E-state index contributed by atoms with van der Waals surface area (Å²) < 4.78 is 4.89. The molecule has 0 amide bonds. The topological polar surface area (TPSA) is 43.4 Å². The zero-order valence-corrected chi connectivity index (χ0v) is 10.6. The van der Waals surface area contributed by atoms with Crippen molar-refractivity contribution in [1.82, 2.24) is 0 Å². The van der Waals surface area contributed by atoms with Crippen LogP contribution in [0.4, 0.5) is 0 Å². The van der Waals surface area contributed by atoms with Gasteiger partial charge in [0.25, 0.3) is 0 Å². The molecule has 0 aliphatic carbocycles. The van der Waals surface area contributed by atoms with Crippen LogP contribution in [0.1, 0.15) is 33.2 Å². The van der Waals surface area contributed by atoms with Crippen LogP contribution in [0.25, 0.3) is 0 Å². The summed E-state index contributed by atoms with van der Waals surface area (Å²) in [6, 6.07) is 15.5. The fourth-order valence-corrected chi connectivity index (χ4v) is 1.73. The molecule has 0 saturated carbocycles. The van der Waals surface area contributed by atoms with Crippen LogP contribution in [0, 0.1) is 0 Å². The number of hydrogen-bond donors (Lipinski definition) is 0. The molecule has 2 rings (SSSR count). The third-order valence-corrected chi connectivity index (χ3v) is 2.69. The highest BCUT2D eigenvalue weighted by atomic mass is 16.5. The molecule has 0 N–H and O–H groups in total. The summed E-state index contributed by atoms with van der Waals surface area (Å²) in [6.45, 7) is 2.09. The van der Waals surface area contributed by atoms with E-state index >= 15 is 0 Å². The van der Waals surface area contributed by atoms with Crippen LogP contribution in [0.15, 0.2) is 54.6 Å². The molecule has 0 heterocycles. The Morgan fingerprint density at radius 1 is 0.842 bits per heavy atom. The number of carbonyl (C=O) groups excluding carboxylic acids is 2. The van der Waals surface area contributed by atoms with Crippen LogP contribution in [-0.4, -0.2) is 18.4 Å². The number of benzene rings is 2. The molecule has 0 radical (unpaired) electrons. The van der Waals surface area contributed by atoms with Crippen molar-refractivity contribution in [1.29, 1.82) is 0 Å². The second-order valence-corrected chi connectivity index (χ2v) is 3.99. The molecule has 0 saturated heterocycles. The van der Waals surface area contributed by atoms with Gasteiger partial charge in [-0.25, -0.2) is 4.79 Å². The summed E-state index contributed by atoms with van der Waals surface area (Å²) >= 11 is 0. The van der Waals surface area contributed by atoms with Crippen molar-refractivity contribution >= 4 is 11.8 Å². The monoisotopic (exact) mass is 254 g/mol. The standard InChI is InChI=1S/C16H14O3/c1-2-19-16(18)14-10-8-13(9-11-14)15(17)12-6-4-3-5-7-12/h3-11H,2H2,1H3. The molecule has 0 aromatic heterocycles. The molecular formula is C16H14O3. The van der Waals surface area contributed by atoms with Crippen LogP contribution in [0.2, 0.25) is 0 Å². The molecular weight excluding hydrogens is 240 g/mol. The van der Waals surface area contributed by atoms with Gasteiger partial charge in [0, 0.05) is 11.1 Å². The van der Waals surface area contributed by atoms with E-state index in [9.17, 15) is 9.59 Å². The second-order valence-electron chi connectivity index (χ2n) is 3.99. The normalized spacial score (nSPS) is 9.95. The van der Waals surface area contributed by atoms with Crippen LogP contribution in [0.3, 0.4) is 0 Å². The number of rotatable bonds is 4. The fourth-order valence-electron chi connectivity index (χ4n) is 1.73. The van der Waals surface area contributed by atoms with Gasteiger partial charge in [-0.1, -0.05) is 42.5 Å². The molecule has 0 fully saturated rings. The average Bonchev–Trinajstić information content (AvgIpc) is 2.48. The van der Waals surface area contributed by atoms with Gasteiger partial charge in [-0.05, 0) is 19.1 Å². The predicted molar refractivity (Wildman–Crippen MR) is 72.3 cm³/mol. The van der Waals surface area contributed by atoms with Crippen molar-refractivity contribution in [2.75, 3.05) is 6.61 Å². The average molecular weight is 254 g/mol. The van der Waals surface area contributed by atoms with Gasteiger partial charge in [0.2, 0.25) is 0 Å². The van der Waals surface area contributed by atoms with E-state index < -0.39 is 0 Å². The van der Waals surface area contributed by atoms with E-state index in [1.165, 1.54) is 0 Å². The summed E-state index contributed by atoms with van der Waals surface area (Å²) in [5.74, 6) is -0.433. The molecule has 2 aromatic rings. The van der Waals surface area contributed by atoms with Gasteiger partial charge < -0.3 is 4.74 Å². The first-order chi connectivity index (χ1) is 9.22. The minimum Gasteiger partial charge on any atom is -0.462 e. The van der Waals surface area contributed by atoms with Gasteiger partial charge in [-0.15, -0.1) is 0 Å². The van der Waals surface area contributed by atoms with Crippen molar-refractivity contribution in [3.63, 3.8) is 0 Å². The first-order valence-electron chi connectivity index (χ1n) is 6.09. The molecule has 96 valence electrons. The lowest BCUT2D eigenvalue weighted by Crippen LogP contribution is -2.06. The summed E-state index contributed by atoms with van der Waals surface area (Å²) in [4.78, 5) is 23.6. The highest BCUT2D eigenvalue weighted by Crippen LogP contribution is 2.11. The van der Waals surface area contributed by atoms with Gasteiger partial charge in [0.1, 0.15) is 0 Å². The highest BCUT2D eigenvalue weighted by molar-refractivity contribution is 6.09. The Labute approximate surface area is 111 Å². The van der Waals surface area contributed by atoms with Crippen LogP contribution >= 0.6 is 0 Å². The molecule has 0 bridgehead atoms. The summed E-state index contributed by atoms with van der Waals surface area (Å²) in [5, 5.41) is 0. The Balaban J connectivity index is 2.19. The van der Waals surface area contributed by atoms with E-state index in [-0.39, 0.29) is 11.8 Å².